The Labute approximate surface area is 127 Å². The molecule has 0 aromatic carbocycles. The summed E-state index contributed by atoms with van der Waals surface area (Å²) in [6.45, 7) is 6.95. The number of aryl methyl sites for hydroxylation is 1. The zero-order valence-corrected chi connectivity index (χ0v) is 13.6. The van der Waals surface area contributed by atoms with Gasteiger partial charge in [-0.3, -0.25) is 9.59 Å². The zero-order valence-electron chi connectivity index (χ0n) is 12.0. The van der Waals surface area contributed by atoms with Gasteiger partial charge in [0, 0.05) is 11.4 Å². The molecule has 4 nitrogen and oxygen atoms in total. The normalized spacial score (nSPS) is 18.9. The van der Waals surface area contributed by atoms with E-state index in [0.717, 1.165) is 0 Å². The van der Waals surface area contributed by atoms with Crippen LogP contribution in [0.5, 0.6) is 0 Å². The maximum absolute atomic E-state index is 12.0. The van der Waals surface area contributed by atoms with Gasteiger partial charge in [-0.15, -0.1) is 23.1 Å². The molecule has 2 heterocycles. The molecule has 1 aromatic rings. The number of nitrogens with zero attached hydrogens (tertiary/aromatic N) is 1. The molecule has 110 valence electrons. The molecule has 6 heteroatoms. The number of thiophene rings is 1. The van der Waals surface area contributed by atoms with Crippen LogP contribution in [-0.4, -0.2) is 35.6 Å². The molecule has 20 heavy (non-hydrogen) atoms. The van der Waals surface area contributed by atoms with Gasteiger partial charge in [0.25, 0.3) is 0 Å². The molecule has 0 aliphatic carbocycles. The lowest BCUT2D eigenvalue weighted by molar-refractivity contribution is -0.133. The van der Waals surface area contributed by atoms with Crippen molar-refractivity contribution < 1.29 is 9.59 Å². The third kappa shape index (κ3) is 3.55. The third-order valence-corrected chi connectivity index (χ3v) is 5.56. The highest BCUT2D eigenvalue weighted by molar-refractivity contribution is 8.00. The minimum atomic E-state index is -0.0752. The van der Waals surface area contributed by atoms with E-state index in [1.165, 1.54) is 10.4 Å². The highest BCUT2D eigenvalue weighted by atomic mass is 32.2. The first-order valence-corrected chi connectivity index (χ1v) is 8.63. The van der Waals surface area contributed by atoms with Crippen LogP contribution in [0.2, 0.25) is 0 Å². The summed E-state index contributed by atoms with van der Waals surface area (Å²) in [5.41, 5.74) is 1.19. The number of rotatable bonds is 5. The topological polar surface area (TPSA) is 49.4 Å². The number of nitrogens with one attached hydrogen (secondary N) is 1. The van der Waals surface area contributed by atoms with Crippen LogP contribution in [0.1, 0.15) is 29.7 Å². The van der Waals surface area contributed by atoms with E-state index in [4.69, 9.17) is 0 Å². The minimum Gasteiger partial charge on any atom is -0.354 e. The van der Waals surface area contributed by atoms with Crippen molar-refractivity contribution in [2.45, 2.75) is 26.1 Å². The van der Waals surface area contributed by atoms with Crippen molar-refractivity contribution in [2.75, 3.05) is 18.8 Å². The standard InChI is InChI=1S/C14H20N2O2S2/c1-9(2)6-15-11(17)7-16-12(18)8-20-14(16)13-10(3)4-5-19-13/h4-5,9,14H,6-8H2,1-3H3,(H,15,17)/t14-/m0/s1. The Balaban J connectivity index is 2.02. The SMILES string of the molecule is Cc1ccsc1[C@@H]1SCC(=O)N1CC(=O)NCC(C)C. The fourth-order valence-electron chi connectivity index (χ4n) is 2.01. The van der Waals surface area contributed by atoms with Crippen molar-refractivity contribution >= 4 is 34.9 Å². The number of amides is 2. The molecule has 0 spiro atoms. The average Bonchev–Trinajstić information content (AvgIpc) is 2.95. The van der Waals surface area contributed by atoms with Crippen molar-refractivity contribution in [3.63, 3.8) is 0 Å². The second-order valence-corrected chi connectivity index (χ2v) is 7.37. The van der Waals surface area contributed by atoms with Crippen LogP contribution in [0.4, 0.5) is 0 Å². The van der Waals surface area contributed by atoms with Crippen LogP contribution >= 0.6 is 23.1 Å². The fraction of sp³-hybridized carbons (Fsp3) is 0.571. The first-order valence-electron chi connectivity index (χ1n) is 6.70. The lowest BCUT2D eigenvalue weighted by Gasteiger charge is -2.23. The predicted molar refractivity (Wildman–Crippen MR) is 83.8 cm³/mol. The molecule has 2 rings (SSSR count). The second kappa shape index (κ2) is 6.63. The molecule has 1 atom stereocenters. The first-order chi connectivity index (χ1) is 9.49. The molecule has 0 unspecified atom stereocenters. The van der Waals surface area contributed by atoms with Gasteiger partial charge < -0.3 is 10.2 Å². The molecule has 1 aromatic heterocycles. The van der Waals surface area contributed by atoms with Crippen LogP contribution in [-0.2, 0) is 9.59 Å². The van der Waals surface area contributed by atoms with E-state index in [1.54, 1.807) is 28.0 Å². The Morgan fingerprint density at radius 1 is 1.55 bits per heavy atom. The molecule has 1 aliphatic rings. The van der Waals surface area contributed by atoms with E-state index in [-0.39, 0.29) is 23.7 Å². The number of thioether (sulfide) groups is 1. The molecule has 0 saturated carbocycles. The van der Waals surface area contributed by atoms with Gasteiger partial charge in [0.2, 0.25) is 11.8 Å². The summed E-state index contributed by atoms with van der Waals surface area (Å²) in [4.78, 5) is 26.8. The van der Waals surface area contributed by atoms with E-state index in [9.17, 15) is 9.59 Å². The van der Waals surface area contributed by atoms with Gasteiger partial charge in [-0.25, -0.2) is 0 Å². The molecule has 2 amide bonds. The van der Waals surface area contributed by atoms with Gasteiger partial charge >= 0.3 is 0 Å². The van der Waals surface area contributed by atoms with Crippen molar-refractivity contribution in [3.05, 3.63) is 21.9 Å². The average molecular weight is 312 g/mol. The summed E-state index contributed by atoms with van der Waals surface area (Å²) in [5, 5.41) is 4.90. The summed E-state index contributed by atoms with van der Waals surface area (Å²) in [5.74, 6) is 0.846. The number of hydrogen-bond acceptors (Lipinski definition) is 4. The van der Waals surface area contributed by atoms with Crippen LogP contribution in [0.15, 0.2) is 11.4 Å². The van der Waals surface area contributed by atoms with Crippen LogP contribution < -0.4 is 5.32 Å². The van der Waals surface area contributed by atoms with Crippen LogP contribution in [0.25, 0.3) is 0 Å². The number of carbonyl (C=O) groups excluding carboxylic acids is 2. The molecule has 0 radical (unpaired) electrons. The van der Waals surface area contributed by atoms with Gasteiger partial charge in [-0.05, 0) is 29.9 Å². The summed E-state index contributed by atoms with van der Waals surface area (Å²) in [7, 11) is 0. The highest BCUT2D eigenvalue weighted by Gasteiger charge is 2.35. The second-order valence-electron chi connectivity index (χ2n) is 5.35. The van der Waals surface area contributed by atoms with E-state index in [0.29, 0.717) is 18.2 Å². The third-order valence-electron chi connectivity index (χ3n) is 3.12. The Hall–Kier alpha value is -1.01. The van der Waals surface area contributed by atoms with E-state index in [2.05, 4.69) is 25.2 Å². The lowest BCUT2D eigenvalue weighted by Crippen LogP contribution is -2.40. The lowest BCUT2D eigenvalue weighted by atomic mass is 10.2. The van der Waals surface area contributed by atoms with Gasteiger partial charge in [-0.1, -0.05) is 13.8 Å². The van der Waals surface area contributed by atoms with Crippen molar-refractivity contribution in [1.82, 2.24) is 10.2 Å². The molecule has 0 bridgehead atoms. The Kier molecular flexibility index (Phi) is 5.10. The Bertz CT molecular complexity index is 499. The highest BCUT2D eigenvalue weighted by Crippen LogP contribution is 2.41. The fourth-order valence-corrected chi connectivity index (χ4v) is 4.47. The molecule has 1 N–H and O–H groups in total. The van der Waals surface area contributed by atoms with Crippen LogP contribution in [0, 0.1) is 12.8 Å². The molecule has 1 saturated heterocycles. The Morgan fingerprint density at radius 2 is 2.30 bits per heavy atom. The summed E-state index contributed by atoms with van der Waals surface area (Å²) in [6.07, 6.45) is 0. The van der Waals surface area contributed by atoms with Gasteiger partial charge in [-0.2, -0.15) is 0 Å². The van der Waals surface area contributed by atoms with Gasteiger partial charge in [0.1, 0.15) is 11.9 Å². The maximum atomic E-state index is 12.0. The Morgan fingerprint density at radius 3 is 2.90 bits per heavy atom. The minimum absolute atomic E-state index is 0.00713. The summed E-state index contributed by atoms with van der Waals surface area (Å²) < 4.78 is 0. The number of hydrogen-bond donors (Lipinski definition) is 1. The molecular formula is C14H20N2O2S2. The van der Waals surface area contributed by atoms with Gasteiger partial charge in [0.15, 0.2) is 0 Å². The van der Waals surface area contributed by atoms with E-state index < -0.39 is 0 Å². The quantitative estimate of drug-likeness (QED) is 0.908. The predicted octanol–water partition coefficient (Wildman–Crippen LogP) is 2.40. The molecular weight excluding hydrogens is 292 g/mol. The largest absolute Gasteiger partial charge is 0.354 e. The number of carbonyl (C=O) groups is 2. The van der Waals surface area contributed by atoms with E-state index in [1.807, 2.05) is 12.3 Å². The monoisotopic (exact) mass is 312 g/mol. The smallest absolute Gasteiger partial charge is 0.239 e. The maximum Gasteiger partial charge on any atom is 0.239 e. The van der Waals surface area contributed by atoms with Crippen LogP contribution in [0.3, 0.4) is 0 Å². The molecule has 1 fully saturated rings. The zero-order chi connectivity index (χ0) is 14.7. The van der Waals surface area contributed by atoms with Crippen molar-refractivity contribution in [1.29, 1.82) is 0 Å². The van der Waals surface area contributed by atoms with Crippen molar-refractivity contribution in [2.24, 2.45) is 5.92 Å². The van der Waals surface area contributed by atoms with Gasteiger partial charge in [0.05, 0.1) is 5.75 Å². The van der Waals surface area contributed by atoms with E-state index >= 15 is 0 Å². The first kappa shape index (κ1) is 15.4. The summed E-state index contributed by atoms with van der Waals surface area (Å²) in [6, 6.07) is 2.06. The summed E-state index contributed by atoms with van der Waals surface area (Å²) >= 11 is 3.26. The molecule has 1 aliphatic heterocycles. The van der Waals surface area contributed by atoms with Crippen molar-refractivity contribution in [3.8, 4) is 0 Å².